The molecule has 0 saturated carbocycles. The normalized spacial score (nSPS) is 13.4. The van der Waals surface area contributed by atoms with Gasteiger partial charge in [0.2, 0.25) is 11.8 Å². The average molecular weight is 835 g/mol. The smallest absolute Gasteiger partial charge is 0.328 e. The van der Waals surface area contributed by atoms with Crippen molar-refractivity contribution in [2.24, 2.45) is 0 Å². The third kappa shape index (κ3) is 40.5. The molecule has 0 heterocycles. The number of aliphatic carboxylic acids is 1. The van der Waals surface area contributed by atoms with Crippen molar-refractivity contribution in [3.05, 3.63) is 97.2 Å². The van der Waals surface area contributed by atoms with Crippen LogP contribution < -0.4 is 10.6 Å². The van der Waals surface area contributed by atoms with Gasteiger partial charge in [0.1, 0.15) is 12.1 Å². The zero-order valence-electron chi connectivity index (χ0n) is 37.4. The Balaban J connectivity index is 4.37. The van der Waals surface area contributed by atoms with Crippen LogP contribution in [-0.2, 0) is 23.9 Å². The predicted octanol–water partition coefficient (Wildman–Crippen LogP) is 11.8. The highest BCUT2D eigenvalue weighted by Crippen LogP contribution is 2.15. The topological polar surface area (TPSA) is 142 Å². The Kier molecular flexibility index (Phi) is 41.2. The van der Waals surface area contributed by atoms with Crippen molar-refractivity contribution in [1.82, 2.24) is 10.6 Å². The second-order valence-corrected chi connectivity index (χ2v) is 15.1. The maximum Gasteiger partial charge on any atom is 0.328 e. The molecule has 0 fully saturated rings. The van der Waals surface area contributed by atoms with Gasteiger partial charge in [-0.15, -0.1) is 0 Å². The molecule has 0 bridgehead atoms. The molecule has 0 rings (SSSR count). The Morgan fingerprint density at radius 2 is 0.950 bits per heavy atom. The first-order chi connectivity index (χ1) is 29.3. The molecule has 0 radical (unpaired) electrons. The third-order valence-corrected chi connectivity index (χ3v) is 9.56. The van der Waals surface area contributed by atoms with Crippen molar-refractivity contribution >= 4 is 23.8 Å². The quantitative estimate of drug-likeness (QED) is 0.0273. The first-order valence-corrected chi connectivity index (χ1v) is 23.1. The number of carboxylic acids is 1. The summed E-state index contributed by atoms with van der Waals surface area (Å²) < 4.78 is 5.92. The number of amides is 2. The largest absolute Gasteiger partial charge is 0.480 e. The number of rotatable bonds is 40. The van der Waals surface area contributed by atoms with Gasteiger partial charge in [0.15, 0.2) is 0 Å². The standard InChI is InChI=1S/C51H82N2O7/c1-3-5-7-9-11-13-15-16-17-18-19-20-21-22-23-24-26-28-30-35-39-43-50(57)60-46(40-36-32-29-27-25-14-12-10-8-6-4-2)41-37-33-31-34-38-42-48(55)52-44-49(56)53-47(45-54)51(58)59/h5-8,11-14,16-17,19-20,27,29,36,40,46-47,54H,3-4,9-10,15,18,21-26,28,30-35,37-39,41-45H2,1-2H3,(H,52,55)(H,53,56)(H,58,59)/b7-5-,8-6-,13-11-,14-12-,17-16-,20-19-,29-27-,40-36-. The van der Waals surface area contributed by atoms with E-state index in [2.05, 4.69) is 116 Å². The van der Waals surface area contributed by atoms with Gasteiger partial charge in [-0.05, 0) is 96.0 Å². The summed E-state index contributed by atoms with van der Waals surface area (Å²) >= 11 is 0. The van der Waals surface area contributed by atoms with Gasteiger partial charge in [-0.2, -0.15) is 0 Å². The first kappa shape index (κ1) is 55.8. The highest BCUT2D eigenvalue weighted by atomic mass is 16.5. The molecular weight excluding hydrogens is 753 g/mol. The number of carbonyl (C=O) groups excluding carboxylic acids is 3. The van der Waals surface area contributed by atoms with Gasteiger partial charge in [0, 0.05) is 12.8 Å². The molecule has 0 spiro atoms. The van der Waals surface area contributed by atoms with Crippen LogP contribution in [0.5, 0.6) is 0 Å². The number of carbonyl (C=O) groups is 4. The van der Waals surface area contributed by atoms with Crippen molar-refractivity contribution in [1.29, 1.82) is 0 Å². The SMILES string of the molecule is CC/C=C\C/C=C\C/C=C\C/C=C\CCCCCCCCCCC(=O)OC(/C=C\C/C=C\C/C=C\C/C=C\CC)CCCCCCCC(=O)NCC(=O)NC(CO)C(=O)O. The number of ether oxygens (including phenoxy) is 1. The lowest BCUT2D eigenvalue weighted by Gasteiger charge is -2.15. The average Bonchev–Trinajstić information content (AvgIpc) is 3.23. The van der Waals surface area contributed by atoms with Gasteiger partial charge in [0.05, 0.1) is 13.2 Å². The lowest BCUT2D eigenvalue weighted by Crippen LogP contribution is -2.47. The Hall–Kier alpha value is -4.24. The zero-order chi connectivity index (χ0) is 44.0. The predicted molar refractivity (Wildman–Crippen MR) is 249 cm³/mol. The number of allylic oxidation sites excluding steroid dienone is 15. The lowest BCUT2D eigenvalue weighted by molar-refractivity contribution is -0.147. The molecule has 2 atom stereocenters. The number of esters is 1. The first-order valence-electron chi connectivity index (χ1n) is 23.1. The minimum absolute atomic E-state index is 0.132. The number of unbranched alkanes of at least 4 members (excludes halogenated alkanes) is 12. The minimum Gasteiger partial charge on any atom is -0.480 e. The molecule has 0 aromatic rings. The van der Waals surface area contributed by atoms with Crippen LogP contribution in [0.3, 0.4) is 0 Å². The van der Waals surface area contributed by atoms with E-state index < -0.39 is 24.5 Å². The second-order valence-electron chi connectivity index (χ2n) is 15.1. The molecule has 9 nitrogen and oxygen atoms in total. The summed E-state index contributed by atoms with van der Waals surface area (Å²) in [5, 5.41) is 22.5. The van der Waals surface area contributed by atoms with E-state index in [4.69, 9.17) is 14.9 Å². The number of hydrogen-bond acceptors (Lipinski definition) is 6. The van der Waals surface area contributed by atoms with Crippen LogP contribution in [0.25, 0.3) is 0 Å². The fraction of sp³-hybridized carbons (Fsp3) is 0.608. The van der Waals surface area contributed by atoms with E-state index in [0.29, 0.717) is 12.8 Å². The Morgan fingerprint density at radius 1 is 0.517 bits per heavy atom. The number of aliphatic hydroxyl groups excluding tert-OH is 1. The summed E-state index contributed by atoms with van der Waals surface area (Å²) in [6.07, 6.45) is 58.8. The maximum atomic E-state index is 12.8. The van der Waals surface area contributed by atoms with E-state index >= 15 is 0 Å². The lowest BCUT2D eigenvalue weighted by atomic mass is 10.1. The van der Waals surface area contributed by atoms with Crippen molar-refractivity contribution in [3.63, 3.8) is 0 Å². The van der Waals surface area contributed by atoms with Crippen LogP contribution in [-0.4, -0.2) is 59.3 Å². The number of hydrogen-bond donors (Lipinski definition) is 4. The molecule has 9 heteroatoms. The maximum absolute atomic E-state index is 12.8. The van der Waals surface area contributed by atoms with Gasteiger partial charge < -0.3 is 25.6 Å². The van der Waals surface area contributed by atoms with Crippen molar-refractivity contribution in [3.8, 4) is 0 Å². The number of aliphatic hydroxyl groups is 1. The van der Waals surface area contributed by atoms with Crippen molar-refractivity contribution < 1.29 is 34.1 Å². The Labute approximate surface area is 364 Å². The highest BCUT2D eigenvalue weighted by molar-refractivity contribution is 5.87. The molecule has 4 N–H and O–H groups in total. The van der Waals surface area contributed by atoms with Crippen LogP contribution in [0.15, 0.2) is 97.2 Å². The molecule has 2 amide bonds. The van der Waals surface area contributed by atoms with Gasteiger partial charge in [-0.1, -0.05) is 163 Å². The monoisotopic (exact) mass is 835 g/mol. The summed E-state index contributed by atoms with van der Waals surface area (Å²) in [4.78, 5) is 47.6. The summed E-state index contributed by atoms with van der Waals surface area (Å²) in [5.41, 5.74) is 0. The summed E-state index contributed by atoms with van der Waals surface area (Å²) in [6.45, 7) is 3.22. The number of nitrogens with one attached hydrogen (secondary N) is 2. The van der Waals surface area contributed by atoms with Crippen LogP contribution in [0.2, 0.25) is 0 Å². The van der Waals surface area contributed by atoms with Gasteiger partial charge >= 0.3 is 11.9 Å². The van der Waals surface area contributed by atoms with Gasteiger partial charge in [-0.3, -0.25) is 14.4 Å². The van der Waals surface area contributed by atoms with E-state index in [1.54, 1.807) is 0 Å². The fourth-order valence-corrected chi connectivity index (χ4v) is 6.09. The molecule has 60 heavy (non-hydrogen) atoms. The van der Waals surface area contributed by atoms with Crippen LogP contribution >= 0.6 is 0 Å². The Morgan fingerprint density at radius 3 is 1.45 bits per heavy atom. The molecular formula is C51H82N2O7. The Bertz CT molecular complexity index is 1320. The molecule has 338 valence electrons. The number of carboxylic acid groups (broad SMARTS) is 1. The summed E-state index contributed by atoms with van der Waals surface area (Å²) in [7, 11) is 0. The highest BCUT2D eigenvalue weighted by Gasteiger charge is 2.18. The van der Waals surface area contributed by atoms with Crippen molar-refractivity contribution in [2.75, 3.05) is 13.2 Å². The van der Waals surface area contributed by atoms with E-state index in [-0.39, 0.29) is 30.9 Å². The van der Waals surface area contributed by atoms with Crippen LogP contribution in [0, 0.1) is 0 Å². The van der Waals surface area contributed by atoms with E-state index in [1.807, 2.05) is 6.08 Å². The summed E-state index contributed by atoms with van der Waals surface area (Å²) in [6, 6.07) is -1.39. The van der Waals surface area contributed by atoms with E-state index in [1.165, 1.54) is 32.1 Å². The molecule has 0 aromatic heterocycles. The van der Waals surface area contributed by atoms with E-state index in [0.717, 1.165) is 109 Å². The molecule has 0 aliphatic heterocycles. The molecule has 0 aromatic carbocycles. The van der Waals surface area contributed by atoms with Crippen molar-refractivity contribution in [2.45, 2.75) is 187 Å². The van der Waals surface area contributed by atoms with Crippen LogP contribution in [0.4, 0.5) is 0 Å². The second kappa shape index (κ2) is 44.3. The molecule has 0 saturated heterocycles. The third-order valence-electron chi connectivity index (χ3n) is 9.56. The molecule has 0 aliphatic carbocycles. The zero-order valence-corrected chi connectivity index (χ0v) is 37.4. The van der Waals surface area contributed by atoms with Crippen LogP contribution in [0.1, 0.15) is 174 Å². The van der Waals surface area contributed by atoms with E-state index in [9.17, 15) is 19.2 Å². The molecule has 0 aliphatic rings. The minimum atomic E-state index is -1.39. The van der Waals surface area contributed by atoms with Gasteiger partial charge in [0.25, 0.3) is 0 Å². The molecule has 2 unspecified atom stereocenters. The fourth-order valence-electron chi connectivity index (χ4n) is 6.09. The van der Waals surface area contributed by atoms with Gasteiger partial charge in [-0.25, -0.2) is 4.79 Å². The summed E-state index contributed by atoms with van der Waals surface area (Å²) in [5.74, 6) is -2.42.